The molecule has 1 saturated heterocycles. The van der Waals surface area contributed by atoms with Crippen LogP contribution in [0.15, 0.2) is 30.3 Å². The third kappa shape index (κ3) is 3.38. The van der Waals surface area contributed by atoms with Gasteiger partial charge in [-0.1, -0.05) is 37.3 Å². The third-order valence-electron chi connectivity index (χ3n) is 3.93. The van der Waals surface area contributed by atoms with E-state index in [-0.39, 0.29) is 18.0 Å². The summed E-state index contributed by atoms with van der Waals surface area (Å²) in [5, 5.41) is 0. The maximum atomic E-state index is 11.4. The molecule has 4 heteroatoms. The Morgan fingerprint density at radius 2 is 2.05 bits per heavy atom. The van der Waals surface area contributed by atoms with E-state index in [1.54, 1.807) is 0 Å². The molecule has 0 N–H and O–H groups in total. The molecule has 110 valence electrons. The average molecular weight is 278 g/mol. The van der Waals surface area contributed by atoms with Crippen LogP contribution in [0.5, 0.6) is 0 Å². The van der Waals surface area contributed by atoms with E-state index in [0.29, 0.717) is 19.8 Å². The first-order valence-electron chi connectivity index (χ1n) is 6.96. The molecule has 0 spiro atoms. The quantitative estimate of drug-likeness (QED) is 0.776. The monoisotopic (exact) mass is 278 g/mol. The maximum Gasteiger partial charge on any atom is 0.303 e. The van der Waals surface area contributed by atoms with E-state index in [9.17, 15) is 4.79 Å². The highest BCUT2D eigenvalue weighted by Gasteiger charge is 2.48. The van der Waals surface area contributed by atoms with E-state index >= 15 is 0 Å². The van der Waals surface area contributed by atoms with Crippen LogP contribution < -0.4 is 0 Å². The van der Waals surface area contributed by atoms with Gasteiger partial charge in [-0.25, -0.2) is 0 Å². The number of carbonyl (C=O) groups is 1. The van der Waals surface area contributed by atoms with E-state index in [2.05, 4.69) is 0 Å². The van der Waals surface area contributed by atoms with Crippen LogP contribution in [-0.2, 0) is 25.6 Å². The Morgan fingerprint density at radius 1 is 1.35 bits per heavy atom. The van der Waals surface area contributed by atoms with Crippen molar-refractivity contribution in [3.63, 3.8) is 0 Å². The Labute approximate surface area is 120 Å². The Balaban J connectivity index is 1.97. The van der Waals surface area contributed by atoms with Gasteiger partial charge < -0.3 is 14.2 Å². The Kier molecular flexibility index (Phi) is 4.78. The molecule has 0 bridgehead atoms. The van der Waals surface area contributed by atoms with Crippen LogP contribution in [0, 0.1) is 5.92 Å². The van der Waals surface area contributed by atoms with Crippen LogP contribution in [0.3, 0.4) is 0 Å². The van der Waals surface area contributed by atoms with Crippen molar-refractivity contribution >= 4 is 5.97 Å². The predicted molar refractivity (Wildman–Crippen MR) is 75.2 cm³/mol. The summed E-state index contributed by atoms with van der Waals surface area (Å²) in [5.41, 5.74) is 0.435. The largest absolute Gasteiger partial charge is 0.454 e. The first-order valence-corrected chi connectivity index (χ1v) is 6.96. The summed E-state index contributed by atoms with van der Waals surface area (Å²) < 4.78 is 16.9. The molecule has 0 radical (unpaired) electrons. The minimum atomic E-state index is -0.667. The molecular formula is C16H22O4. The molecule has 20 heavy (non-hydrogen) atoms. The molecule has 3 atom stereocenters. The van der Waals surface area contributed by atoms with Crippen molar-refractivity contribution in [2.45, 2.75) is 39.1 Å². The number of hydrogen-bond donors (Lipinski definition) is 0. The highest BCUT2D eigenvalue weighted by atomic mass is 16.6. The van der Waals surface area contributed by atoms with Crippen molar-refractivity contribution in [2.24, 2.45) is 5.92 Å². The second-order valence-electron chi connectivity index (χ2n) is 5.44. The fourth-order valence-electron chi connectivity index (χ4n) is 2.50. The summed E-state index contributed by atoms with van der Waals surface area (Å²) in [6.07, 6.45) is 0.0645. The lowest BCUT2D eigenvalue weighted by atomic mass is 9.89. The Morgan fingerprint density at radius 3 is 2.60 bits per heavy atom. The second kappa shape index (κ2) is 6.37. The molecule has 0 amide bonds. The fraction of sp³-hybridized carbons (Fsp3) is 0.562. The van der Waals surface area contributed by atoms with Gasteiger partial charge in [0.2, 0.25) is 0 Å². The van der Waals surface area contributed by atoms with Crippen molar-refractivity contribution in [1.82, 2.24) is 0 Å². The van der Waals surface area contributed by atoms with Crippen LogP contribution in [0.25, 0.3) is 0 Å². The van der Waals surface area contributed by atoms with E-state index < -0.39 is 5.60 Å². The first kappa shape index (κ1) is 15.0. The molecule has 0 aliphatic carbocycles. The highest BCUT2D eigenvalue weighted by molar-refractivity contribution is 5.66. The Bertz CT molecular complexity index is 445. The number of ether oxygens (including phenoxy) is 3. The van der Waals surface area contributed by atoms with Crippen molar-refractivity contribution in [1.29, 1.82) is 0 Å². The SMILES string of the molecule is CC(=O)O[C@@]1(COCc2ccccc2)CO[C@H](C)C1C. The molecule has 1 aliphatic heterocycles. The number of rotatable bonds is 5. The summed E-state index contributed by atoms with van der Waals surface area (Å²) >= 11 is 0. The summed E-state index contributed by atoms with van der Waals surface area (Å²) in [6, 6.07) is 9.94. The molecule has 1 aromatic rings. The van der Waals surface area contributed by atoms with E-state index in [1.807, 2.05) is 44.2 Å². The summed E-state index contributed by atoms with van der Waals surface area (Å²) in [6.45, 7) is 6.70. The lowest BCUT2D eigenvalue weighted by Crippen LogP contribution is -2.46. The lowest BCUT2D eigenvalue weighted by molar-refractivity contribution is -0.169. The van der Waals surface area contributed by atoms with E-state index in [0.717, 1.165) is 5.56 Å². The number of carbonyl (C=O) groups excluding carboxylic acids is 1. The first-order chi connectivity index (χ1) is 9.53. The second-order valence-corrected chi connectivity index (χ2v) is 5.44. The molecule has 1 aliphatic rings. The maximum absolute atomic E-state index is 11.4. The van der Waals surface area contributed by atoms with Gasteiger partial charge in [-0.05, 0) is 12.5 Å². The average Bonchev–Trinajstić information content (AvgIpc) is 2.68. The standard InChI is InChI=1S/C16H22O4/c1-12-13(2)19-11-16(12,20-14(3)17)10-18-9-15-7-5-4-6-8-15/h4-8,12-13H,9-11H2,1-3H3/t12?,13-,16+/m1/s1. The van der Waals surface area contributed by atoms with Crippen LogP contribution in [0.2, 0.25) is 0 Å². The molecule has 1 aromatic carbocycles. The van der Waals surface area contributed by atoms with Crippen LogP contribution in [0.1, 0.15) is 26.3 Å². The van der Waals surface area contributed by atoms with Gasteiger partial charge in [0.15, 0.2) is 5.60 Å². The van der Waals surface area contributed by atoms with Crippen LogP contribution in [0.4, 0.5) is 0 Å². The highest BCUT2D eigenvalue weighted by Crippen LogP contribution is 2.34. The summed E-state index contributed by atoms with van der Waals surface area (Å²) in [5.74, 6) is -0.181. The van der Waals surface area contributed by atoms with Gasteiger partial charge in [0.1, 0.15) is 0 Å². The topological polar surface area (TPSA) is 44.8 Å². The smallest absolute Gasteiger partial charge is 0.303 e. The van der Waals surface area contributed by atoms with Crippen LogP contribution >= 0.6 is 0 Å². The molecule has 0 aromatic heterocycles. The molecule has 2 rings (SSSR count). The molecule has 1 unspecified atom stereocenters. The summed E-state index contributed by atoms with van der Waals surface area (Å²) in [7, 11) is 0. The molecule has 4 nitrogen and oxygen atoms in total. The normalized spacial score (nSPS) is 29.4. The Hall–Kier alpha value is -1.39. The van der Waals surface area contributed by atoms with Gasteiger partial charge in [-0.2, -0.15) is 0 Å². The zero-order valence-corrected chi connectivity index (χ0v) is 12.3. The van der Waals surface area contributed by atoms with Gasteiger partial charge >= 0.3 is 5.97 Å². The van der Waals surface area contributed by atoms with Crippen LogP contribution in [-0.4, -0.2) is 30.9 Å². The van der Waals surface area contributed by atoms with Gasteiger partial charge in [-0.15, -0.1) is 0 Å². The fourth-order valence-corrected chi connectivity index (χ4v) is 2.50. The molecular weight excluding hydrogens is 256 g/mol. The van der Waals surface area contributed by atoms with Gasteiger partial charge in [0, 0.05) is 12.8 Å². The molecule has 1 fully saturated rings. The number of benzene rings is 1. The molecule has 0 saturated carbocycles. The minimum Gasteiger partial charge on any atom is -0.454 e. The zero-order valence-electron chi connectivity index (χ0n) is 12.3. The third-order valence-corrected chi connectivity index (χ3v) is 3.93. The number of esters is 1. The lowest BCUT2D eigenvalue weighted by Gasteiger charge is -2.31. The van der Waals surface area contributed by atoms with Gasteiger partial charge in [-0.3, -0.25) is 4.79 Å². The minimum absolute atomic E-state index is 0.0645. The number of hydrogen-bond acceptors (Lipinski definition) is 4. The van der Waals surface area contributed by atoms with Crippen molar-refractivity contribution < 1.29 is 19.0 Å². The zero-order chi connectivity index (χ0) is 14.6. The van der Waals surface area contributed by atoms with Crippen molar-refractivity contribution in [3.8, 4) is 0 Å². The van der Waals surface area contributed by atoms with Gasteiger partial charge in [0.25, 0.3) is 0 Å². The van der Waals surface area contributed by atoms with Crippen molar-refractivity contribution in [3.05, 3.63) is 35.9 Å². The van der Waals surface area contributed by atoms with E-state index in [4.69, 9.17) is 14.2 Å². The van der Waals surface area contributed by atoms with Crippen molar-refractivity contribution in [2.75, 3.05) is 13.2 Å². The predicted octanol–water partition coefficient (Wildman–Crippen LogP) is 2.56. The van der Waals surface area contributed by atoms with Gasteiger partial charge in [0.05, 0.1) is 25.9 Å². The summed E-state index contributed by atoms with van der Waals surface area (Å²) in [4.78, 5) is 11.4. The van der Waals surface area contributed by atoms with E-state index in [1.165, 1.54) is 6.92 Å². The molecule has 1 heterocycles.